The van der Waals surface area contributed by atoms with E-state index in [9.17, 15) is 13.6 Å². The average Bonchev–Trinajstić information content (AvgIpc) is 2.66. The van der Waals surface area contributed by atoms with E-state index in [4.69, 9.17) is 0 Å². The Morgan fingerprint density at radius 3 is 2.50 bits per heavy atom. The second-order valence-corrected chi connectivity index (χ2v) is 6.17. The maximum Gasteiger partial charge on any atom is 0.254 e. The van der Waals surface area contributed by atoms with E-state index in [-0.39, 0.29) is 5.56 Å². The SMILES string of the molecule is O=C(c1cc(F)cc(F)c1)N1CCc2nc(-c3ccccc3)ncc2C1. The third-order valence-corrected chi connectivity index (χ3v) is 4.36. The fourth-order valence-electron chi connectivity index (χ4n) is 3.08. The molecule has 0 fully saturated rings. The van der Waals surface area contributed by atoms with Gasteiger partial charge in [0, 0.05) is 48.5 Å². The Balaban J connectivity index is 1.57. The van der Waals surface area contributed by atoms with Crippen LogP contribution in [0.5, 0.6) is 0 Å². The summed E-state index contributed by atoms with van der Waals surface area (Å²) in [5, 5.41) is 0. The zero-order chi connectivity index (χ0) is 18.1. The summed E-state index contributed by atoms with van der Waals surface area (Å²) >= 11 is 0. The minimum absolute atomic E-state index is 0.00720. The third-order valence-electron chi connectivity index (χ3n) is 4.36. The summed E-state index contributed by atoms with van der Waals surface area (Å²) in [6.45, 7) is 0.760. The number of halogens is 2. The van der Waals surface area contributed by atoms with E-state index in [1.54, 1.807) is 11.1 Å². The summed E-state index contributed by atoms with van der Waals surface area (Å²) in [7, 11) is 0. The smallest absolute Gasteiger partial charge is 0.254 e. The van der Waals surface area contributed by atoms with Gasteiger partial charge in [0.2, 0.25) is 0 Å². The second kappa shape index (κ2) is 6.63. The topological polar surface area (TPSA) is 46.1 Å². The molecule has 0 aliphatic carbocycles. The van der Waals surface area contributed by atoms with Crippen molar-refractivity contribution in [2.75, 3.05) is 6.54 Å². The molecule has 1 aromatic heterocycles. The molecule has 1 aliphatic rings. The number of carbonyl (C=O) groups excluding carboxylic acids is 1. The fraction of sp³-hybridized carbons (Fsp3) is 0.150. The lowest BCUT2D eigenvalue weighted by Gasteiger charge is -2.28. The summed E-state index contributed by atoms with van der Waals surface area (Å²) < 4.78 is 26.7. The Morgan fingerprint density at radius 1 is 1.04 bits per heavy atom. The maximum atomic E-state index is 13.4. The van der Waals surface area contributed by atoms with Crippen LogP contribution in [0.3, 0.4) is 0 Å². The number of amides is 1. The van der Waals surface area contributed by atoms with Gasteiger partial charge in [0.25, 0.3) is 5.91 Å². The first-order chi connectivity index (χ1) is 12.6. The maximum absolute atomic E-state index is 13.4. The predicted octanol–water partition coefficient (Wildman–Crippen LogP) is 3.62. The van der Waals surface area contributed by atoms with Crippen LogP contribution in [0.4, 0.5) is 8.78 Å². The van der Waals surface area contributed by atoms with Gasteiger partial charge >= 0.3 is 0 Å². The first kappa shape index (κ1) is 16.3. The highest BCUT2D eigenvalue weighted by Gasteiger charge is 2.24. The molecule has 0 spiro atoms. The van der Waals surface area contributed by atoms with Crippen molar-refractivity contribution in [1.82, 2.24) is 14.9 Å². The summed E-state index contributed by atoms with van der Waals surface area (Å²) in [4.78, 5) is 23.1. The highest BCUT2D eigenvalue weighted by Crippen LogP contribution is 2.22. The monoisotopic (exact) mass is 351 g/mol. The minimum Gasteiger partial charge on any atom is -0.334 e. The lowest BCUT2D eigenvalue weighted by molar-refractivity contribution is 0.0732. The van der Waals surface area contributed by atoms with Gasteiger partial charge in [0.05, 0.1) is 5.69 Å². The van der Waals surface area contributed by atoms with E-state index < -0.39 is 17.5 Å². The quantitative estimate of drug-likeness (QED) is 0.708. The first-order valence-electron chi connectivity index (χ1n) is 8.26. The van der Waals surface area contributed by atoms with Crippen molar-refractivity contribution in [1.29, 1.82) is 0 Å². The van der Waals surface area contributed by atoms with Crippen LogP contribution < -0.4 is 0 Å². The molecule has 2 aromatic carbocycles. The molecule has 0 N–H and O–H groups in total. The molecule has 3 aromatic rings. The van der Waals surface area contributed by atoms with Gasteiger partial charge in [-0.1, -0.05) is 30.3 Å². The lowest BCUT2D eigenvalue weighted by atomic mass is 10.1. The Bertz CT molecular complexity index is 956. The summed E-state index contributed by atoms with van der Waals surface area (Å²) in [6, 6.07) is 12.5. The van der Waals surface area contributed by atoms with Crippen LogP contribution in [0.1, 0.15) is 21.6 Å². The van der Waals surface area contributed by atoms with Crippen molar-refractivity contribution < 1.29 is 13.6 Å². The van der Waals surface area contributed by atoms with Crippen LogP contribution in [-0.4, -0.2) is 27.3 Å². The van der Waals surface area contributed by atoms with Crippen molar-refractivity contribution in [3.63, 3.8) is 0 Å². The van der Waals surface area contributed by atoms with Crippen LogP contribution in [0.2, 0.25) is 0 Å². The molecule has 1 amide bonds. The van der Waals surface area contributed by atoms with Crippen LogP contribution in [0, 0.1) is 11.6 Å². The third kappa shape index (κ3) is 3.18. The van der Waals surface area contributed by atoms with Gasteiger partial charge in [0.1, 0.15) is 11.6 Å². The highest BCUT2D eigenvalue weighted by atomic mass is 19.1. The molecule has 4 rings (SSSR count). The molecular formula is C20H15F2N3O. The van der Waals surface area contributed by atoms with Crippen molar-refractivity contribution >= 4 is 5.91 Å². The van der Waals surface area contributed by atoms with E-state index >= 15 is 0 Å². The summed E-state index contributed by atoms with van der Waals surface area (Å²) in [6.07, 6.45) is 2.29. The molecule has 130 valence electrons. The molecule has 0 unspecified atom stereocenters. The Kier molecular flexibility index (Phi) is 4.16. The van der Waals surface area contributed by atoms with Crippen LogP contribution in [0.25, 0.3) is 11.4 Å². The van der Waals surface area contributed by atoms with Crippen LogP contribution in [0.15, 0.2) is 54.7 Å². The van der Waals surface area contributed by atoms with E-state index in [1.807, 2.05) is 30.3 Å². The number of carbonyl (C=O) groups is 1. The number of fused-ring (bicyclic) bond motifs is 1. The molecule has 1 aliphatic heterocycles. The molecule has 0 atom stereocenters. The zero-order valence-electron chi connectivity index (χ0n) is 13.8. The van der Waals surface area contributed by atoms with Gasteiger partial charge in [0.15, 0.2) is 5.82 Å². The van der Waals surface area contributed by atoms with E-state index in [0.29, 0.717) is 25.3 Å². The molecule has 2 heterocycles. The van der Waals surface area contributed by atoms with Gasteiger partial charge < -0.3 is 4.90 Å². The molecular weight excluding hydrogens is 336 g/mol. The van der Waals surface area contributed by atoms with Crippen LogP contribution >= 0.6 is 0 Å². The van der Waals surface area contributed by atoms with Gasteiger partial charge in [-0.15, -0.1) is 0 Å². The van der Waals surface area contributed by atoms with Crippen molar-refractivity contribution in [3.05, 3.63) is 83.2 Å². The number of benzene rings is 2. The highest BCUT2D eigenvalue weighted by molar-refractivity contribution is 5.94. The first-order valence-corrected chi connectivity index (χ1v) is 8.26. The van der Waals surface area contributed by atoms with Gasteiger partial charge in [-0.25, -0.2) is 18.7 Å². The number of nitrogens with zero attached hydrogens (tertiary/aromatic N) is 3. The minimum atomic E-state index is -0.762. The number of aromatic nitrogens is 2. The Hall–Kier alpha value is -3.15. The molecule has 0 saturated carbocycles. The van der Waals surface area contributed by atoms with Crippen molar-refractivity contribution in [3.8, 4) is 11.4 Å². The normalized spacial score (nSPS) is 13.4. The van der Waals surface area contributed by atoms with Crippen LogP contribution in [-0.2, 0) is 13.0 Å². The largest absolute Gasteiger partial charge is 0.334 e. The number of rotatable bonds is 2. The second-order valence-electron chi connectivity index (χ2n) is 6.17. The number of hydrogen-bond donors (Lipinski definition) is 0. The average molecular weight is 351 g/mol. The predicted molar refractivity (Wildman–Crippen MR) is 92.3 cm³/mol. The molecule has 4 nitrogen and oxygen atoms in total. The Morgan fingerprint density at radius 2 is 1.77 bits per heavy atom. The number of hydrogen-bond acceptors (Lipinski definition) is 3. The molecule has 0 bridgehead atoms. The van der Waals surface area contributed by atoms with Gasteiger partial charge in [-0.2, -0.15) is 0 Å². The lowest BCUT2D eigenvalue weighted by Crippen LogP contribution is -2.36. The fourth-order valence-corrected chi connectivity index (χ4v) is 3.08. The molecule has 26 heavy (non-hydrogen) atoms. The van der Waals surface area contributed by atoms with Crippen molar-refractivity contribution in [2.45, 2.75) is 13.0 Å². The van der Waals surface area contributed by atoms with E-state index in [2.05, 4.69) is 9.97 Å². The zero-order valence-corrected chi connectivity index (χ0v) is 13.8. The molecule has 0 radical (unpaired) electrons. The van der Waals surface area contributed by atoms with E-state index in [1.165, 1.54) is 0 Å². The summed E-state index contributed by atoms with van der Waals surface area (Å²) in [5.74, 6) is -1.28. The van der Waals surface area contributed by atoms with Crippen molar-refractivity contribution in [2.24, 2.45) is 0 Å². The standard InChI is InChI=1S/C20H15F2N3O/c21-16-8-14(9-17(22)10-16)20(26)25-7-6-18-15(12-25)11-23-19(24-18)13-4-2-1-3-5-13/h1-5,8-11H,6-7,12H2. The van der Waals surface area contributed by atoms with Gasteiger partial charge in [-0.05, 0) is 12.1 Å². The summed E-state index contributed by atoms with van der Waals surface area (Å²) in [5.41, 5.74) is 2.69. The van der Waals surface area contributed by atoms with E-state index in [0.717, 1.165) is 35.0 Å². The molecule has 6 heteroatoms. The van der Waals surface area contributed by atoms with Gasteiger partial charge in [-0.3, -0.25) is 4.79 Å². The molecule has 0 saturated heterocycles. The Labute approximate surface area is 149 Å².